The molecule has 1 fully saturated rings. The molecule has 0 heterocycles. The van der Waals surface area contributed by atoms with Gasteiger partial charge in [0.25, 0.3) is 0 Å². The first-order chi connectivity index (χ1) is 6.67. The summed E-state index contributed by atoms with van der Waals surface area (Å²) in [4.78, 5) is 11.6. The second-order valence-electron chi connectivity index (χ2n) is 4.70. The predicted octanol–water partition coefficient (Wildman–Crippen LogP) is 2.83. The number of hydrogen-bond donors (Lipinski definition) is 0. The fraction of sp³-hybridized carbons (Fsp3) is 0.750. The van der Waals surface area contributed by atoms with E-state index in [2.05, 4.69) is 6.92 Å². The number of hydrogen-bond acceptors (Lipinski definition) is 2. The van der Waals surface area contributed by atoms with E-state index in [0.29, 0.717) is 12.2 Å². The number of allylic oxidation sites excluding steroid dienone is 2. The molecule has 2 aliphatic carbocycles. The van der Waals surface area contributed by atoms with Crippen LogP contribution in [0.1, 0.15) is 45.4 Å². The zero-order chi connectivity index (χ0) is 10.2. The molecule has 0 aliphatic heterocycles. The minimum absolute atomic E-state index is 0.210. The third-order valence-electron chi connectivity index (χ3n) is 3.77. The van der Waals surface area contributed by atoms with Gasteiger partial charge in [-0.1, -0.05) is 13.3 Å². The van der Waals surface area contributed by atoms with Crippen molar-refractivity contribution in [3.8, 4) is 0 Å². The van der Waals surface area contributed by atoms with E-state index >= 15 is 0 Å². The van der Waals surface area contributed by atoms with Crippen LogP contribution in [0.2, 0.25) is 0 Å². The first-order valence-electron chi connectivity index (χ1n) is 5.48. The van der Waals surface area contributed by atoms with Crippen molar-refractivity contribution < 1.29 is 9.53 Å². The van der Waals surface area contributed by atoms with Crippen molar-refractivity contribution >= 4 is 5.78 Å². The highest BCUT2D eigenvalue weighted by molar-refractivity contribution is 5.95. The van der Waals surface area contributed by atoms with E-state index in [0.717, 1.165) is 12.8 Å². The van der Waals surface area contributed by atoms with E-state index in [-0.39, 0.29) is 11.2 Å². The summed E-state index contributed by atoms with van der Waals surface area (Å²) in [6.45, 7) is 2.28. The maximum atomic E-state index is 11.6. The SMILES string of the molecule is COC1=C2CCCCC2(C)CCC1=O. The molecule has 0 N–H and O–H groups in total. The van der Waals surface area contributed by atoms with Gasteiger partial charge in [0.15, 0.2) is 11.5 Å². The molecule has 1 atom stereocenters. The maximum Gasteiger partial charge on any atom is 0.197 e. The zero-order valence-corrected chi connectivity index (χ0v) is 9.06. The molecule has 0 spiro atoms. The van der Waals surface area contributed by atoms with Crippen LogP contribution in [-0.4, -0.2) is 12.9 Å². The van der Waals surface area contributed by atoms with Gasteiger partial charge in [0.05, 0.1) is 7.11 Å². The van der Waals surface area contributed by atoms with Gasteiger partial charge in [-0.2, -0.15) is 0 Å². The van der Waals surface area contributed by atoms with Gasteiger partial charge in [-0.15, -0.1) is 0 Å². The Kier molecular flexibility index (Phi) is 2.38. The number of ketones is 1. The van der Waals surface area contributed by atoms with E-state index in [1.54, 1.807) is 7.11 Å². The van der Waals surface area contributed by atoms with Crippen LogP contribution in [0.25, 0.3) is 0 Å². The predicted molar refractivity (Wildman–Crippen MR) is 54.9 cm³/mol. The van der Waals surface area contributed by atoms with Crippen LogP contribution in [0.3, 0.4) is 0 Å². The molecule has 0 bridgehead atoms. The molecule has 14 heavy (non-hydrogen) atoms. The molecule has 0 amide bonds. The smallest absolute Gasteiger partial charge is 0.197 e. The Balaban J connectivity index is 2.41. The highest BCUT2D eigenvalue weighted by atomic mass is 16.5. The monoisotopic (exact) mass is 194 g/mol. The normalized spacial score (nSPS) is 32.9. The fourth-order valence-electron chi connectivity index (χ4n) is 2.84. The fourth-order valence-corrected chi connectivity index (χ4v) is 2.84. The molecule has 1 saturated carbocycles. The minimum Gasteiger partial charge on any atom is -0.493 e. The summed E-state index contributed by atoms with van der Waals surface area (Å²) >= 11 is 0. The summed E-state index contributed by atoms with van der Waals surface area (Å²) in [6, 6.07) is 0. The van der Waals surface area contributed by atoms with Crippen molar-refractivity contribution in [1.82, 2.24) is 0 Å². The van der Waals surface area contributed by atoms with E-state index in [1.165, 1.54) is 24.8 Å². The van der Waals surface area contributed by atoms with Crippen molar-refractivity contribution in [1.29, 1.82) is 0 Å². The number of methoxy groups -OCH3 is 1. The Morgan fingerprint density at radius 2 is 2.00 bits per heavy atom. The molecular formula is C12H18O2. The molecule has 0 aromatic carbocycles. The lowest BCUT2D eigenvalue weighted by Gasteiger charge is -2.40. The molecule has 0 radical (unpaired) electrons. The molecule has 2 nitrogen and oxygen atoms in total. The molecule has 0 aromatic heterocycles. The lowest BCUT2D eigenvalue weighted by Crippen LogP contribution is -2.31. The van der Waals surface area contributed by atoms with Crippen LogP contribution in [0, 0.1) is 5.41 Å². The lowest BCUT2D eigenvalue weighted by atomic mass is 9.65. The van der Waals surface area contributed by atoms with Gasteiger partial charge < -0.3 is 4.74 Å². The second-order valence-corrected chi connectivity index (χ2v) is 4.70. The van der Waals surface area contributed by atoms with Crippen LogP contribution >= 0.6 is 0 Å². The van der Waals surface area contributed by atoms with Crippen molar-refractivity contribution in [3.63, 3.8) is 0 Å². The Morgan fingerprint density at radius 3 is 2.71 bits per heavy atom. The Hall–Kier alpha value is -0.790. The molecule has 0 aromatic rings. The lowest BCUT2D eigenvalue weighted by molar-refractivity contribution is -0.120. The molecular weight excluding hydrogens is 176 g/mol. The Morgan fingerprint density at radius 1 is 1.21 bits per heavy atom. The van der Waals surface area contributed by atoms with Crippen LogP contribution in [0.4, 0.5) is 0 Å². The van der Waals surface area contributed by atoms with E-state index in [1.807, 2.05) is 0 Å². The van der Waals surface area contributed by atoms with Gasteiger partial charge in [0, 0.05) is 6.42 Å². The van der Waals surface area contributed by atoms with Gasteiger partial charge in [-0.3, -0.25) is 4.79 Å². The maximum absolute atomic E-state index is 11.6. The number of ether oxygens (including phenoxy) is 1. The van der Waals surface area contributed by atoms with E-state index < -0.39 is 0 Å². The molecule has 1 unspecified atom stereocenters. The van der Waals surface area contributed by atoms with Crippen molar-refractivity contribution in [3.05, 3.63) is 11.3 Å². The number of Topliss-reactive ketones (excluding diaryl/α,β-unsaturated/α-hetero) is 1. The molecule has 0 saturated heterocycles. The molecule has 78 valence electrons. The highest BCUT2D eigenvalue weighted by Crippen LogP contribution is 2.48. The molecule has 2 aliphatic rings. The molecule has 2 rings (SSSR count). The standard InChI is InChI=1S/C12H18O2/c1-12-7-4-3-5-9(12)11(14-2)10(13)6-8-12/h3-8H2,1-2H3. The third-order valence-corrected chi connectivity index (χ3v) is 3.77. The van der Waals surface area contributed by atoms with Crippen molar-refractivity contribution in [2.24, 2.45) is 5.41 Å². The summed E-state index contributed by atoms with van der Waals surface area (Å²) in [5.74, 6) is 0.889. The average molecular weight is 194 g/mol. The van der Waals surface area contributed by atoms with Crippen molar-refractivity contribution in [2.75, 3.05) is 7.11 Å². The number of carbonyl (C=O) groups is 1. The summed E-state index contributed by atoms with van der Waals surface area (Å²) in [6.07, 6.45) is 6.49. The third kappa shape index (κ3) is 1.37. The quantitative estimate of drug-likeness (QED) is 0.641. The first-order valence-corrected chi connectivity index (χ1v) is 5.48. The van der Waals surface area contributed by atoms with Gasteiger partial charge in [-0.05, 0) is 36.7 Å². The number of carbonyl (C=O) groups excluding carboxylic acids is 1. The summed E-state index contributed by atoms with van der Waals surface area (Å²) < 4.78 is 5.27. The topological polar surface area (TPSA) is 26.3 Å². The van der Waals surface area contributed by atoms with Gasteiger partial charge in [0.1, 0.15) is 0 Å². The first kappa shape index (κ1) is 9.75. The van der Waals surface area contributed by atoms with Crippen LogP contribution in [0.5, 0.6) is 0 Å². The van der Waals surface area contributed by atoms with Crippen molar-refractivity contribution in [2.45, 2.75) is 45.4 Å². The van der Waals surface area contributed by atoms with Crippen LogP contribution < -0.4 is 0 Å². The largest absolute Gasteiger partial charge is 0.493 e. The summed E-state index contributed by atoms with van der Waals surface area (Å²) in [5.41, 5.74) is 1.56. The Labute approximate surface area is 85.3 Å². The van der Waals surface area contributed by atoms with E-state index in [9.17, 15) is 4.79 Å². The van der Waals surface area contributed by atoms with Gasteiger partial charge in [-0.25, -0.2) is 0 Å². The second kappa shape index (κ2) is 3.41. The summed E-state index contributed by atoms with van der Waals surface area (Å²) in [7, 11) is 1.63. The number of fused-ring (bicyclic) bond motifs is 1. The minimum atomic E-state index is 0.210. The number of rotatable bonds is 1. The Bertz CT molecular complexity index is 291. The molecule has 2 heteroatoms. The van der Waals surface area contributed by atoms with Crippen LogP contribution in [-0.2, 0) is 9.53 Å². The van der Waals surface area contributed by atoms with Crippen LogP contribution in [0.15, 0.2) is 11.3 Å². The van der Waals surface area contributed by atoms with E-state index in [4.69, 9.17) is 4.74 Å². The zero-order valence-electron chi connectivity index (χ0n) is 9.06. The average Bonchev–Trinajstić information content (AvgIpc) is 2.19. The summed E-state index contributed by atoms with van der Waals surface area (Å²) in [5, 5.41) is 0. The highest BCUT2D eigenvalue weighted by Gasteiger charge is 2.39. The van der Waals surface area contributed by atoms with Gasteiger partial charge >= 0.3 is 0 Å². The van der Waals surface area contributed by atoms with Gasteiger partial charge in [0.2, 0.25) is 0 Å².